The number of benzene rings is 2. The van der Waals surface area contributed by atoms with E-state index >= 15 is 0 Å². The summed E-state index contributed by atoms with van der Waals surface area (Å²) in [5.41, 5.74) is 6.70. The minimum absolute atomic E-state index is 0.170. The molecule has 0 aromatic heterocycles. The van der Waals surface area contributed by atoms with Crippen LogP contribution in [0.5, 0.6) is 0 Å². The number of hydrogen-bond donors (Lipinski definition) is 3. The zero-order valence-electron chi connectivity index (χ0n) is 17.9. The number of nitrogens with two attached hydrogens (primary N) is 1. The first-order valence-corrected chi connectivity index (χ1v) is 11.2. The maximum Gasteiger partial charge on any atom is 0.250 e. The van der Waals surface area contributed by atoms with E-state index in [1.165, 1.54) is 4.90 Å². The molecule has 0 unspecified atom stereocenters. The lowest BCUT2D eigenvalue weighted by molar-refractivity contribution is -0.142. The summed E-state index contributed by atoms with van der Waals surface area (Å²) in [6.45, 7) is 2.03. The van der Waals surface area contributed by atoms with Crippen LogP contribution in [0.4, 0.5) is 5.69 Å². The fourth-order valence-electron chi connectivity index (χ4n) is 5.55. The molecule has 4 amide bonds. The van der Waals surface area contributed by atoms with Crippen LogP contribution in [0.2, 0.25) is 5.02 Å². The lowest BCUT2D eigenvalue weighted by Crippen LogP contribution is -2.53. The van der Waals surface area contributed by atoms with Crippen LogP contribution in [-0.4, -0.2) is 41.1 Å². The van der Waals surface area contributed by atoms with E-state index in [0.29, 0.717) is 22.7 Å². The molecule has 0 saturated carbocycles. The molecule has 2 saturated heterocycles. The average Bonchev–Trinajstić information content (AvgIpc) is 3.33. The maximum absolute atomic E-state index is 13.7. The molecule has 0 bridgehead atoms. The van der Waals surface area contributed by atoms with Gasteiger partial charge < -0.3 is 11.1 Å². The second kappa shape index (κ2) is 7.67. The van der Waals surface area contributed by atoms with Crippen molar-refractivity contribution >= 4 is 40.9 Å². The lowest BCUT2D eigenvalue weighted by atomic mass is 9.76. The number of nitrogens with zero attached hydrogens (tertiary/aromatic N) is 1. The topological polar surface area (TPSA) is 122 Å². The quantitative estimate of drug-likeness (QED) is 0.576. The minimum atomic E-state index is -1.50. The molecule has 5 rings (SSSR count). The molecule has 2 aromatic carbocycles. The first-order valence-electron chi connectivity index (χ1n) is 10.8. The number of carbonyl (C=O) groups excluding carboxylic acids is 4. The van der Waals surface area contributed by atoms with Crippen LogP contribution in [0.25, 0.3) is 0 Å². The second-order valence-electron chi connectivity index (χ2n) is 8.92. The number of nitrogens with one attached hydrogen (secondary N) is 2. The molecular weight excluding hydrogens is 444 g/mol. The maximum atomic E-state index is 13.7. The van der Waals surface area contributed by atoms with E-state index in [1.807, 2.05) is 37.3 Å². The number of imide groups is 1. The Balaban J connectivity index is 1.57. The van der Waals surface area contributed by atoms with Crippen molar-refractivity contribution in [3.63, 3.8) is 0 Å². The number of anilines is 1. The molecule has 4 atom stereocenters. The van der Waals surface area contributed by atoms with E-state index in [2.05, 4.69) is 10.6 Å². The molecule has 8 nitrogen and oxygen atoms in total. The third-order valence-corrected chi connectivity index (χ3v) is 7.20. The fourth-order valence-corrected chi connectivity index (χ4v) is 5.87. The Morgan fingerprint density at radius 2 is 1.88 bits per heavy atom. The van der Waals surface area contributed by atoms with Gasteiger partial charge in [0.05, 0.1) is 22.5 Å². The van der Waals surface area contributed by atoms with Crippen LogP contribution in [0.1, 0.15) is 23.1 Å². The van der Waals surface area contributed by atoms with Gasteiger partial charge in [-0.2, -0.15) is 0 Å². The fraction of sp³-hybridized carbons (Fsp3) is 0.333. The molecule has 2 fully saturated rings. The van der Waals surface area contributed by atoms with Gasteiger partial charge in [0.2, 0.25) is 23.6 Å². The highest BCUT2D eigenvalue weighted by molar-refractivity contribution is 6.35. The molecule has 33 heavy (non-hydrogen) atoms. The van der Waals surface area contributed by atoms with Crippen molar-refractivity contribution in [1.29, 1.82) is 0 Å². The Hall–Kier alpha value is -3.23. The molecule has 1 spiro atoms. The van der Waals surface area contributed by atoms with Gasteiger partial charge in [-0.15, -0.1) is 0 Å². The van der Waals surface area contributed by atoms with Gasteiger partial charge in [-0.3, -0.25) is 29.4 Å². The highest BCUT2D eigenvalue weighted by atomic mass is 35.5. The van der Waals surface area contributed by atoms with Crippen molar-refractivity contribution in [2.45, 2.75) is 31.3 Å². The standard InChI is InChI=1S/C24H23ClN4O4/c1-12-9-14-20(15(25)10-12)27-23(33)24(14)19-18(16(28-24)11-17(26)30)21(31)29(22(19)32)8-7-13-5-3-2-4-6-13/h2-6,9-10,16,18-19,28H,7-8,11H2,1H3,(H2,26,30)(H,27,33)/t16-,18-,19+,24-/m1/s1. The molecule has 0 radical (unpaired) electrons. The van der Waals surface area contributed by atoms with Crippen molar-refractivity contribution in [3.8, 4) is 0 Å². The predicted octanol–water partition coefficient (Wildman–Crippen LogP) is 1.49. The number of rotatable bonds is 5. The van der Waals surface area contributed by atoms with Crippen molar-refractivity contribution in [1.82, 2.24) is 10.2 Å². The normalized spacial score (nSPS) is 27.8. The Morgan fingerprint density at radius 1 is 1.15 bits per heavy atom. The summed E-state index contributed by atoms with van der Waals surface area (Å²) in [6, 6.07) is 12.3. The molecule has 3 aliphatic rings. The van der Waals surface area contributed by atoms with Crippen molar-refractivity contribution in [3.05, 3.63) is 64.2 Å². The van der Waals surface area contributed by atoms with Crippen LogP contribution in [-0.2, 0) is 31.1 Å². The second-order valence-corrected chi connectivity index (χ2v) is 9.33. The number of fused-ring (bicyclic) bond motifs is 4. The molecule has 9 heteroatoms. The first kappa shape index (κ1) is 21.6. The Morgan fingerprint density at radius 3 is 2.58 bits per heavy atom. The van der Waals surface area contributed by atoms with Gasteiger partial charge in [0.15, 0.2) is 0 Å². The summed E-state index contributed by atoms with van der Waals surface area (Å²) >= 11 is 6.40. The molecule has 2 aromatic rings. The van der Waals surface area contributed by atoms with Crippen molar-refractivity contribution in [2.75, 3.05) is 11.9 Å². The SMILES string of the molecule is Cc1cc(Cl)c2c(c1)[C@]1(N[C@H](CC(N)=O)[C@H]3C(=O)N(CCc4ccccc4)C(=O)[C@H]31)C(=O)N2. The van der Waals surface area contributed by atoms with Crippen LogP contribution < -0.4 is 16.4 Å². The third kappa shape index (κ3) is 3.16. The highest BCUT2D eigenvalue weighted by Crippen LogP contribution is 2.54. The van der Waals surface area contributed by atoms with E-state index in [-0.39, 0.29) is 13.0 Å². The van der Waals surface area contributed by atoms with E-state index < -0.39 is 47.0 Å². The molecular formula is C24H23ClN4O4. The number of carbonyl (C=O) groups is 4. The van der Waals surface area contributed by atoms with Gasteiger partial charge in [-0.05, 0) is 30.5 Å². The number of likely N-dealkylation sites (tertiary alicyclic amines) is 1. The van der Waals surface area contributed by atoms with Gasteiger partial charge in [0, 0.05) is 24.6 Å². The van der Waals surface area contributed by atoms with Gasteiger partial charge in [-0.1, -0.05) is 48.0 Å². The number of primary amides is 1. The minimum Gasteiger partial charge on any atom is -0.370 e. The Labute approximate surface area is 195 Å². The highest BCUT2D eigenvalue weighted by Gasteiger charge is 2.70. The zero-order valence-corrected chi connectivity index (χ0v) is 18.7. The number of halogens is 1. The van der Waals surface area contributed by atoms with E-state index in [4.69, 9.17) is 17.3 Å². The molecule has 0 aliphatic carbocycles. The zero-order chi connectivity index (χ0) is 23.5. The largest absolute Gasteiger partial charge is 0.370 e. The third-order valence-electron chi connectivity index (χ3n) is 6.90. The van der Waals surface area contributed by atoms with Crippen molar-refractivity contribution in [2.24, 2.45) is 17.6 Å². The smallest absolute Gasteiger partial charge is 0.250 e. The summed E-state index contributed by atoms with van der Waals surface area (Å²) in [5.74, 6) is -3.77. The lowest BCUT2D eigenvalue weighted by Gasteiger charge is -2.29. The van der Waals surface area contributed by atoms with Gasteiger partial charge in [-0.25, -0.2) is 0 Å². The summed E-state index contributed by atoms with van der Waals surface area (Å²) < 4.78 is 0. The molecule has 3 heterocycles. The van der Waals surface area contributed by atoms with Crippen LogP contribution >= 0.6 is 11.6 Å². The van der Waals surface area contributed by atoms with E-state index in [0.717, 1.165) is 11.1 Å². The average molecular weight is 467 g/mol. The van der Waals surface area contributed by atoms with Crippen LogP contribution in [0, 0.1) is 18.8 Å². The summed E-state index contributed by atoms with van der Waals surface area (Å²) in [6.07, 6.45) is 0.322. The Bertz CT molecular complexity index is 1200. The molecule has 3 aliphatic heterocycles. The first-order chi connectivity index (χ1) is 15.7. The van der Waals surface area contributed by atoms with Crippen molar-refractivity contribution < 1.29 is 19.2 Å². The van der Waals surface area contributed by atoms with Crippen LogP contribution in [0.3, 0.4) is 0 Å². The number of hydrogen-bond acceptors (Lipinski definition) is 5. The van der Waals surface area contributed by atoms with Gasteiger partial charge >= 0.3 is 0 Å². The summed E-state index contributed by atoms with van der Waals surface area (Å²) in [4.78, 5) is 53.6. The monoisotopic (exact) mass is 466 g/mol. The van der Waals surface area contributed by atoms with E-state index in [9.17, 15) is 19.2 Å². The van der Waals surface area contributed by atoms with E-state index in [1.54, 1.807) is 12.1 Å². The molecule has 4 N–H and O–H groups in total. The predicted molar refractivity (Wildman–Crippen MR) is 121 cm³/mol. The van der Waals surface area contributed by atoms with Crippen LogP contribution in [0.15, 0.2) is 42.5 Å². The summed E-state index contributed by atoms with van der Waals surface area (Å²) in [7, 11) is 0. The number of amides is 4. The van der Waals surface area contributed by atoms with Gasteiger partial charge in [0.1, 0.15) is 5.54 Å². The Kier molecular flexibility index (Phi) is 5.02. The summed E-state index contributed by atoms with van der Waals surface area (Å²) in [5, 5.41) is 6.32. The molecule has 170 valence electrons. The van der Waals surface area contributed by atoms with Gasteiger partial charge in [0.25, 0.3) is 0 Å². The number of aryl methyl sites for hydroxylation is 1.